The number of aromatic nitrogens is 2. The van der Waals surface area contributed by atoms with Crippen molar-refractivity contribution in [2.45, 2.75) is 0 Å². The van der Waals surface area contributed by atoms with Gasteiger partial charge in [-0.05, 0) is 12.1 Å². The lowest BCUT2D eigenvalue weighted by Crippen LogP contribution is -1.98. The lowest BCUT2D eigenvalue weighted by Gasteiger charge is -2.07. The Labute approximate surface area is 110 Å². The Morgan fingerprint density at radius 2 is 2.06 bits per heavy atom. The van der Waals surface area contributed by atoms with Crippen molar-refractivity contribution in [3.05, 3.63) is 40.6 Å². The Bertz CT molecular complexity index is 580. The monoisotopic (exact) mass is 315 g/mol. The fourth-order valence-corrected chi connectivity index (χ4v) is 1.65. The minimum Gasteiger partial charge on any atom is -0.434 e. The highest BCUT2D eigenvalue weighted by molar-refractivity contribution is 9.10. The van der Waals surface area contributed by atoms with Gasteiger partial charge >= 0.3 is 0 Å². The van der Waals surface area contributed by atoms with Crippen LogP contribution >= 0.6 is 15.9 Å². The van der Waals surface area contributed by atoms with Gasteiger partial charge in [0.05, 0.1) is 12.4 Å². The lowest BCUT2D eigenvalue weighted by atomic mass is 10.3. The van der Waals surface area contributed by atoms with Crippen molar-refractivity contribution in [2.75, 3.05) is 12.4 Å². The molecule has 2 rings (SSSR count). The first-order chi connectivity index (χ1) is 8.60. The van der Waals surface area contributed by atoms with Crippen molar-refractivity contribution in [1.82, 2.24) is 9.97 Å². The Morgan fingerprint density at radius 3 is 2.78 bits per heavy atom. The highest BCUT2D eigenvalue weighted by atomic mass is 79.9. The summed E-state index contributed by atoms with van der Waals surface area (Å²) in [5.74, 6) is -1.81. The molecule has 0 radical (unpaired) electrons. The zero-order valence-corrected chi connectivity index (χ0v) is 10.8. The topological polar surface area (TPSA) is 47.0 Å². The molecule has 0 aliphatic carbocycles. The largest absolute Gasteiger partial charge is 0.434 e. The van der Waals surface area contributed by atoms with Gasteiger partial charge in [-0.1, -0.05) is 15.9 Å². The van der Waals surface area contributed by atoms with Crippen LogP contribution in [-0.4, -0.2) is 17.0 Å². The van der Waals surface area contributed by atoms with E-state index in [1.165, 1.54) is 18.5 Å². The van der Waals surface area contributed by atoms with Crippen LogP contribution in [0.2, 0.25) is 0 Å². The van der Waals surface area contributed by atoms with E-state index in [4.69, 9.17) is 4.74 Å². The average molecular weight is 316 g/mol. The van der Waals surface area contributed by atoms with Crippen molar-refractivity contribution in [2.24, 2.45) is 0 Å². The molecular weight excluding hydrogens is 308 g/mol. The number of benzene rings is 1. The summed E-state index contributed by atoms with van der Waals surface area (Å²) in [6, 6.07) is 2.32. The van der Waals surface area contributed by atoms with E-state index >= 15 is 0 Å². The summed E-state index contributed by atoms with van der Waals surface area (Å²) in [5.41, 5.74) is 0. The number of halogens is 3. The van der Waals surface area contributed by atoms with Gasteiger partial charge in [-0.3, -0.25) is 4.98 Å². The van der Waals surface area contributed by atoms with E-state index in [9.17, 15) is 8.78 Å². The second-order valence-corrected chi connectivity index (χ2v) is 4.21. The molecule has 0 aliphatic rings. The van der Waals surface area contributed by atoms with Gasteiger partial charge in [0, 0.05) is 11.5 Å². The molecule has 0 amide bonds. The molecule has 0 saturated carbocycles. The third-order valence-electron chi connectivity index (χ3n) is 2.04. The molecule has 0 aliphatic heterocycles. The quantitative estimate of drug-likeness (QED) is 0.882. The van der Waals surface area contributed by atoms with Crippen LogP contribution in [-0.2, 0) is 0 Å². The second kappa shape index (κ2) is 5.26. The first kappa shape index (κ1) is 12.7. The molecule has 0 spiro atoms. The summed E-state index contributed by atoms with van der Waals surface area (Å²) in [6.45, 7) is 0. The second-order valence-electron chi connectivity index (χ2n) is 3.29. The molecule has 0 saturated heterocycles. The summed E-state index contributed by atoms with van der Waals surface area (Å²) in [4.78, 5) is 7.83. The van der Waals surface area contributed by atoms with Gasteiger partial charge in [0.25, 0.3) is 0 Å². The summed E-state index contributed by atoms with van der Waals surface area (Å²) in [6.07, 6.45) is 2.78. The number of nitrogens with one attached hydrogen (secondary N) is 1. The van der Waals surface area contributed by atoms with E-state index < -0.39 is 11.6 Å². The Kier molecular flexibility index (Phi) is 3.71. The Hall–Kier alpha value is -1.76. The van der Waals surface area contributed by atoms with Crippen molar-refractivity contribution in [1.29, 1.82) is 0 Å². The van der Waals surface area contributed by atoms with Crippen molar-refractivity contribution in [3.63, 3.8) is 0 Å². The van der Waals surface area contributed by atoms with Gasteiger partial charge in [-0.15, -0.1) is 0 Å². The zero-order chi connectivity index (χ0) is 13.1. The van der Waals surface area contributed by atoms with Gasteiger partial charge in [0.2, 0.25) is 11.7 Å². The predicted octanol–water partition coefficient (Wildman–Crippen LogP) is 3.35. The van der Waals surface area contributed by atoms with Gasteiger partial charge in [0.15, 0.2) is 11.6 Å². The molecule has 1 aromatic heterocycles. The maximum Gasteiger partial charge on any atom is 0.239 e. The van der Waals surface area contributed by atoms with Crippen molar-refractivity contribution >= 4 is 21.7 Å². The number of nitrogens with zero attached hydrogens (tertiary/aromatic N) is 2. The molecule has 7 heteroatoms. The number of hydrogen-bond donors (Lipinski definition) is 1. The van der Waals surface area contributed by atoms with E-state index in [1.54, 1.807) is 7.05 Å². The number of rotatable bonds is 3. The number of hydrogen-bond acceptors (Lipinski definition) is 4. The van der Waals surface area contributed by atoms with Crippen LogP contribution in [0.5, 0.6) is 11.6 Å². The molecule has 2 aromatic rings. The van der Waals surface area contributed by atoms with Crippen LogP contribution in [0.3, 0.4) is 0 Å². The maximum atomic E-state index is 13.5. The highest BCUT2D eigenvalue weighted by Crippen LogP contribution is 2.28. The van der Waals surface area contributed by atoms with Crippen molar-refractivity contribution in [3.8, 4) is 11.6 Å². The summed E-state index contributed by atoms with van der Waals surface area (Å²) >= 11 is 3.05. The van der Waals surface area contributed by atoms with Gasteiger partial charge < -0.3 is 10.1 Å². The van der Waals surface area contributed by atoms with Crippen LogP contribution in [0.15, 0.2) is 29.0 Å². The molecule has 1 heterocycles. The molecule has 94 valence electrons. The molecule has 0 atom stereocenters. The fourth-order valence-electron chi connectivity index (χ4n) is 1.24. The molecule has 0 fully saturated rings. The molecule has 4 nitrogen and oxygen atoms in total. The number of ether oxygens (including phenoxy) is 1. The lowest BCUT2D eigenvalue weighted by molar-refractivity contribution is 0.404. The highest BCUT2D eigenvalue weighted by Gasteiger charge is 2.13. The first-order valence-electron chi connectivity index (χ1n) is 4.92. The molecule has 0 bridgehead atoms. The smallest absolute Gasteiger partial charge is 0.239 e. The minimum absolute atomic E-state index is 0.0678. The SMILES string of the molecule is CNc1cncc(Oc2cc(Br)cc(F)c2F)n1. The van der Waals surface area contributed by atoms with Crippen LogP contribution in [0, 0.1) is 11.6 Å². The van der Waals surface area contributed by atoms with Crippen LogP contribution in [0.1, 0.15) is 0 Å². The van der Waals surface area contributed by atoms with Gasteiger partial charge in [-0.25, -0.2) is 4.39 Å². The fraction of sp³-hybridized carbons (Fsp3) is 0.0909. The van der Waals surface area contributed by atoms with E-state index in [-0.39, 0.29) is 11.6 Å². The first-order valence-corrected chi connectivity index (χ1v) is 5.71. The normalized spacial score (nSPS) is 10.2. The molecular formula is C11H8BrF2N3O. The molecule has 1 aromatic carbocycles. The van der Waals surface area contributed by atoms with Crippen LogP contribution in [0.25, 0.3) is 0 Å². The summed E-state index contributed by atoms with van der Waals surface area (Å²) < 4.78 is 32.1. The van der Waals surface area contributed by atoms with Crippen molar-refractivity contribution < 1.29 is 13.5 Å². The zero-order valence-electron chi connectivity index (χ0n) is 9.25. The third kappa shape index (κ3) is 2.73. The number of anilines is 1. The maximum absolute atomic E-state index is 13.5. The predicted molar refractivity (Wildman–Crippen MR) is 65.7 cm³/mol. The Morgan fingerprint density at radius 1 is 1.28 bits per heavy atom. The van der Waals surface area contributed by atoms with Crippen LogP contribution in [0.4, 0.5) is 14.6 Å². The van der Waals surface area contributed by atoms with Gasteiger partial charge in [-0.2, -0.15) is 9.37 Å². The van der Waals surface area contributed by atoms with E-state index in [2.05, 4.69) is 31.2 Å². The van der Waals surface area contributed by atoms with E-state index in [1.807, 2.05) is 0 Å². The molecule has 1 N–H and O–H groups in total. The standard InChI is InChI=1S/C11H8BrF2N3O/c1-15-9-4-16-5-10(17-9)18-8-3-6(12)2-7(13)11(8)14/h2-5H,1H3,(H,15,17). The summed E-state index contributed by atoms with van der Waals surface area (Å²) in [7, 11) is 1.66. The minimum atomic E-state index is -1.07. The average Bonchev–Trinajstić information content (AvgIpc) is 2.35. The summed E-state index contributed by atoms with van der Waals surface area (Å²) in [5, 5.41) is 2.76. The molecule has 18 heavy (non-hydrogen) atoms. The van der Waals surface area contributed by atoms with Gasteiger partial charge in [0.1, 0.15) is 5.82 Å². The van der Waals surface area contributed by atoms with E-state index in [0.717, 1.165) is 6.07 Å². The molecule has 0 unspecified atom stereocenters. The third-order valence-corrected chi connectivity index (χ3v) is 2.50. The van der Waals surface area contributed by atoms with Crippen LogP contribution < -0.4 is 10.1 Å². The Balaban J connectivity index is 2.33. The van der Waals surface area contributed by atoms with E-state index in [0.29, 0.717) is 10.3 Å².